The van der Waals surface area contributed by atoms with Crippen molar-refractivity contribution in [2.75, 3.05) is 35.8 Å². The standard InChI is InChI=1S/C28H32N4O4S/c1-32(2)24-16-12-22(13-17-24)27(34)30-25(19-37-18-6-9-26(33)31-36)28(35)29-23-14-10-21(11-15-23)20-7-4-3-5-8-20/h3-5,7-8,10-17,25,36H,6,9,18-19H2,1-2H3,(H,29,35)(H,30,34)(H,31,33)/t25-/m0/s1. The van der Waals surface area contributed by atoms with Gasteiger partial charge in [-0.25, -0.2) is 5.48 Å². The largest absolute Gasteiger partial charge is 0.378 e. The molecule has 0 radical (unpaired) electrons. The number of hydroxylamine groups is 1. The Kier molecular flexibility index (Phi) is 10.5. The number of amides is 3. The number of nitrogens with one attached hydrogen (secondary N) is 3. The predicted molar refractivity (Wildman–Crippen MR) is 149 cm³/mol. The summed E-state index contributed by atoms with van der Waals surface area (Å²) in [7, 11) is 3.84. The van der Waals surface area contributed by atoms with Gasteiger partial charge in [-0.1, -0.05) is 42.5 Å². The smallest absolute Gasteiger partial charge is 0.251 e. The van der Waals surface area contributed by atoms with Crippen molar-refractivity contribution in [2.24, 2.45) is 0 Å². The van der Waals surface area contributed by atoms with Crippen molar-refractivity contribution in [1.29, 1.82) is 0 Å². The van der Waals surface area contributed by atoms with Crippen LogP contribution in [0.4, 0.5) is 11.4 Å². The SMILES string of the molecule is CN(C)c1ccc(C(=O)N[C@@H](CSCCCC(=O)NO)C(=O)Nc2ccc(-c3ccccc3)cc2)cc1. The van der Waals surface area contributed by atoms with E-state index in [9.17, 15) is 14.4 Å². The number of hydrogen-bond donors (Lipinski definition) is 4. The minimum atomic E-state index is -0.786. The molecule has 4 N–H and O–H groups in total. The molecule has 1 atom stereocenters. The number of benzene rings is 3. The van der Waals surface area contributed by atoms with Gasteiger partial charge in [-0.15, -0.1) is 0 Å². The summed E-state index contributed by atoms with van der Waals surface area (Å²) in [4.78, 5) is 39.2. The lowest BCUT2D eigenvalue weighted by atomic mass is 10.1. The van der Waals surface area contributed by atoms with Crippen molar-refractivity contribution >= 4 is 40.9 Å². The highest BCUT2D eigenvalue weighted by Crippen LogP contribution is 2.21. The average Bonchev–Trinajstić information content (AvgIpc) is 2.92. The van der Waals surface area contributed by atoms with Crippen LogP contribution >= 0.6 is 11.8 Å². The molecular weight excluding hydrogens is 488 g/mol. The zero-order chi connectivity index (χ0) is 26.6. The maximum atomic E-state index is 13.2. The van der Waals surface area contributed by atoms with Crippen molar-refractivity contribution in [3.63, 3.8) is 0 Å². The molecule has 0 saturated heterocycles. The molecule has 9 heteroatoms. The molecule has 3 aromatic rings. The maximum absolute atomic E-state index is 13.2. The van der Waals surface area contributed by atoms with Crippen LogP contribution in [0.2, 0.25) is 0 Å². The Morgan fingerprint density at radius 1 is 0.892 bits per heavy atom. The fraction of sp³-hybridized carbons (Fsp3) is 0.250. The lowest BCUT2D eigenvalue weighted by Crippen LogP contribution is -2.45. The second-order valence-corrected chi connectivity index (χ2v) is 9.76. The van der Waals surface area contributed by atoms with Crippen LogP contribution in [-0.2, 0) is 9.59 Å². The van der Waals surface area contributed by atoms with Crippen LogP contribution in [-0.4, -0.2) is 54.6 Å². The van der Waals surface area contributed by atoms with Crippen LogP contribution in [0.3, 0.4) is 0 Å². The number of carbonyl (C=O) groups is 3. The van der Waals surface area contributed by atoms with Crippen molar-refractivity contribution in [2.45, 2.75) is 18.9 Å². The van der Waals surface area contributed by atoms with E-state index in [-0.39, 0.29) is 18.2 Å². The summed E-state index contributed by atoms with van der Waals surface area (Å²) in [5.74, 6) is -0.202. The number of rotatable bonds is 12. The minimum Gasteiger partial charge on any atom is -0.378 e. The lowest BCUT2D eigenvalue weighted by Gasteiger charge is -2.19. The van der Waals surface area contributed by atoms with Gasteiger partial charge < -0.3 is 15.5 Å². The Bertz CT molecular complexity index is 1170. The first-order chi connectivity index (χ1) is 17.9. The molecule has 0 aliphatic rings. The van der Waals surface area contributed by atoms with Crippen LogP contribution in [0.1, 0.15) is 23.2 Å². The fourth-order valence-corrected chi connectivity index (χ4v) is 4.52. The molecule has 3 amide bonds. The third-order valence-electron chi connectivity index (χ3n) is 5.63. The van der Waals surface area contributed by atoms with Gasteiger partial charge in [-0.3, -0.25) is 19.6 Å². The van der Waals surface area contributed by atoms with Crippen LogP contribution in [0.25, 0.3) is 11.1 Å². The highest BCUT2D eigenvalue weighted by molar-refractivity contribution is 7.99. The summed E-state index contributed by atoms with van der Waals surface area (Å²) in [5.41, 5.74) is 5.77. The molecule has 0 aliphatic carbocycles. The van der Waals surface area contributed by atoms with E-state index < -0.39 is 11.9 Å². The van der Waals surface area contributed by atoms with Gasteiger partial charge in [0.25, 0.3) is 5.91 Å². The van der Waals surface area contributed by atoms with Crippen LogP contribution in [0, 0.1) is 0 Å². The molecule has 0 aromatic heterocycles. The number of hydrogen-bond acceptors (Lipinski definition) is 6. The monoisotopic (exact) mass is 520 g/mol. The van der Waals surface area contributed by atoms with Gasteiger partial charge in [-0.2, -0.15) is 11.8 Å². The summed E-state index contributed by atoms with van der Waals surface area (Å²) >= 11 is 1.45. The Morgan fingerprint density at radius 3 is 2.16 bits per heavy atom. The Morgan fingerprint density at radius 2 is 1.54 bits per heavy atom. The summed E-state index contributed by atoms with van der Waals surface area (Å²) in [6.07, 6.45) is 0.713. The maximum Gasteiger partial charge on any atom is 0.251 e. The van der Waals surface area contributed by atoms with Crippen molar-refractivity contribution < 1.29 is 19.6 Å². The zero-order valence-electron chi connectivity index (χ0n) is 20.9. The number of thioether (sulfide) groups is 1. The molecule has 0 aliphatic heterocycles. The van der Waals surface area contributed by atoms with Gasteiger partial charge in [0.15, 0.2) is 0 Å². The first kappa shape index (κ1) is 27.8. The zero-order valence-corrected chi connectivity index (χ0v) is 21.8. The van der Waals surface area contributed by atoms with Crippen LogP contribution in [0.5, 0.6) is 0 Å². The highest BCUT2D eigenvalue weighted by Gasteiger charge is 2.22. The Labute approximate surface area is 221 Å². The minimum absolute atomic E-state index is 0.179. The van der Waals surface area contributed by atoms with Crippen LogP contribution < -0.4 is 21.0 Å². The normalized spacial score (nSPS) is 11.3. The Hall–Kier alpha value is -3.82. The van der Waals surface area contributed by atoms with E-state index >= 15 is 0 Å². The number of anilines is 2. The summed E-state index contributed by atoms with van der Waals surface area (Å²) < 4.78 is 0. The van der Waals surface area contributed by atoms with Gasteiger partial charge >= 0.3 is 0 Å². The first-order valence-corrected chi connectivity index (χ1v) is 13.1. The topological polar surface area (TPSA) is 111 Å². The molecule has 0 unspecified atom stereocenters. The molecular formula is C28H32N4O4S. The molecule has 0 heterocycles. The molecule has 194 valence electrons. The van der Waals surface area contributed by atoms with E-state index in [1.165, 1.54) is 11.8 Å². The average molecular weight is 521 g/mol. The molecule has 0 spiro atoms. The van der Waals surface area contributed by atoms with Gasteiger partial charge in [0, 0.05) is 43.2 Å². The Balaban J connectivity index is 1.65. The molecule has 0 fully saturated rings. The second-order valence-electron chi connectivity index (χ2n) is 8.61. The van der Waals surface area contributed by atoms with E-state index in [1.54, 1.807) is 17.6 Å². The molecule has 37 heavy (non-hydrogen) atoms. The van der Waals surface area contributed by atoms with E-state index in [2.05, 4.69) is 10.6 Å². The molecule has 8 nitrogen and oxygen atoms in total. The van der Waals surface area contributed by atoms with E-state index in [0.717, 1.165) is 16.8 Å². The third-order valence-corrected chi connectivity index (χ3v) is 6.78. The van der Waals surface area contributed by atoms with Crippen LogP contribution in [0.15, 0.2) is 78.9 Å². The molecule has 0 saturated carbocycles. The van der Waals surface area contributed by atoms with Gasteiger partial charge in [0.2, 0.25) is 11.8 Å². The third kappa shape index (κ3) is 8.66. The first-order valence-electron chi connectivity index (χ1n) is 11.9. The summed E-state index contributed by atoms with van der Waals surface area (Å²) in [5, 5.41) is 14.4. The van der Waals surface area contributed by atoms with Gasteiger partial charge in [-0.05, 0) is 59.7 Å². The molecule has 3 aromatic carbocycles. The van der Waals surface area contributed by atoms with E-state index in [4.69, 9.17) is 5.21 Å². The summed E-state index contributed by atoms with van der Waals surface area (Å²) in [6, 6.07) is 23.8. The van der Waals surface area contributed by atoms with Crippen molar-refractivity contribution in [1.82, 2.24) is 10.8 Å². The molecule has 0 bridgehead atoms. The number of carbonyl (C=O) groups excluding carboxylic acids is 3. The lowest BCUT2D eigenvalue weighted by molar-refractivity contribution is -0.129. The van der Waals surface area contributed by atoms with Gasteiger partial charge in [0.1, 0.15) is 6.04 Å². The number of nitrogens with zero attached hydrogens (tertiary/aromatic N) is 1. The van der Waals surface area contributed by atoms with Crippen molar-refractivity contribution in [3.8, 4) is 11.1 Å². The van der Waals surface area contributed by atoms with Crippen molar-refractivity contribution in [3.05, 3.63) is 84.4 Å². The second kappa shape index (κ2) is 14.1. The predicted octanol–water partition coefficient (Wildman–Crippen LogP) is 4.18. The van der Waals surface area contributed by atoms with E-state index in [0.29, 0.717) is 29.2 Å². The molecule has 3 rings (SSSR count). The quantitative estimate of drug-likeness (QED) is 0.162. The van der Waals surface area contributed by atoms with Gasteiger partial charge in [0.05, 0.1) is 0 Å². The van der Waals surface area contributed by atoms with E-state index in [1.807, 2.05) is 85.7 Å². The fourth-order valence-electron chi connectivity index (χ4n) is 3.53. The highest BCUT2D eigenvalue weighted by atomic mass is 32.2. The summed E-state index contributed by atoms with van der Waals surface area (Å²) in [6.45, 7) is 0.